The van der Waals surface area contributed by atoms with Crippen LogP contribution in [0.25, 0.3) is 10.9 Å². The third kappa shape index (κ3) is 2.51. The minimum atomic E-state index is 0.110. The lowest BCUT2D eigenvalue weighted by molar-refractivity contribution is 0.672. The number of nitrogens with one attached hydrogen (secondary N) is 1. The summed E-state index contributed by atoms with van der Waals surface area (Å²) < 4.78 is 1.04. The van der Waals surface area contributed by atoms with Gasteiger partial charge in [0.2, 0.25) is 0 Å². The number of pyridine rings is 1. The third-order valence-corrected chi connectivity index (χ3v) is 4.87. The van der Waals surface area contributed by atoms with E-state index in [0.717, 1.165) is 21.1 Å². The molecule has 20 heavy (non-hydrogen) atoms. The van der Waals surface area contributed by atoms with E-state index in [1.807, 2.05) is 19.2 Å². The van der Waals surface area contributed by atoms with Crippen LogP contribution < -0.4 is 5.32 Å². The predicted molar refractivity (Wildman–Crippen MR) is 89.4 cm³/mol. The van der Waals surface area contributed by atoms with E-state index in [-0.39, 0.29) is 6.04 Å². The summed E-state index contributed by atoms with van der Waals surface area (Å²) in [6.07, 6.45) is 0. The van der Waals surface area contributed by atoms with Crippen LogP contribution in [0, 0.1) is 6.92 Å². The van der Waals surface area contributed by atoms with E-state index < -0.39 is 0 Å². The Labute approximate surface area is 131 Å². The molecule has 1 N–H and O–H groups in total. The fourth-order valence-electron chi connectivity index (χ4n) is 2.38. The Morgan fingerprint density at radius 1 is 1.25 bits per heavy atom. The zero-order valence-corrected chi connectivity index (χ0v) is 13.8. The first-order chi connectivity index (χ1) is 9.69. The minimum Gasteiger partial charge on any atom is -0.308 e. The van der Waals surface area contributed by atoms with Crippen LogP contribution in [0.3, 0.4) is 0 Å². The number of halogens is 1. The van der Waals surface area contributed by atoms with Gasteiger partial charge in [0.15, 0.2) is 0 Å². The number of rotatable bonds is 3. The molecule has 4 heteroatoms. The largest absolute Gasteiger partial charge is 0.308 e. The number of aryl methyl sites for hydroxylation is 1. The number of thiophene rings is 1. The second-order valence-corrected chi connectivity index (χ2v) is 6.73. The van der Waals surface area contributed by atoms with Crippen molar-refractivity contribution in [3.05, 3.63) is 62.4 Å². The molecule has 2 aromatic heterocycles. The maximum absolute atomic E-state index is 4.83. The first-order valence-corrected chi connectivity index (χ1v) is 8.14. The molecule has 1 aromatic carbocycles. The Balaban J connectivity index is 2.14. The van der Waals surface area contributed by atoms with Crippen molar-refractivity contribution in [3.8, 4) is 0 Å². The van der Waals surface area contributed by atoms with E-state index in [1.54, 1.807) is 11.3 Å². The van der Waals surface area contributed by atoms with Gasteiger partial charge >= 0.3 is 0 Å². The van der Waals surface area contributed by atoms with Gasteiger partial charge in [-0.25, -0.2) is 4.98 Å². The lowest BCUT2D eigenvalue weighted by atomic mass is 10.1. The van der Waals surface area contributed by atoms with Crippen LogP contribution in [0.2, 0.25) is 0 Å². The highest BCUT2D eigenvalue weighted by Crippen LogP contribution is 2.31. The van der Waals surface area contributed by atoms with Crippen molar-refractivity contribution in [2.24, 2.45) is 0 Å². The number of benzene rings is 1. The Morgan fingerprint density at radius 2 is 2.05 bits per heavy atom. The van der Waals surface area contributed by atoms with Crippen LogP contribution >= 0.6 is 27.3 Å². The molecule has 0 fully saturated rings. The number of hydrogen-bond donors (Lipinski definition) is 1. The van der Waals surface area contributed by atoms with E-state index in [2.05, 4.69) is 57.8 Å². The average molecular weight is 347 g/mol. The van der Waals surface area contributed by atoms with Gasteiger partial charge in [0.05, 0.1) is 17.3 Å². The molecule has 102 valence electrons. The zero-order valence-electron chi connectivity index (χ0n) is 11.4. The fourth-order valence-corrected chi connectivity index (χ4v) is 3.68. The van der Waals surface area contributed by atoms with Crippen molar-refractivity contribution in [1.29, 1.82) is 0 Å². The molecule has 0 amide bonds. The van der Waals surface area contributed by atoms with Gasteiger partial charge in [-0.1, -0.05) is 18.2 Å². The topological polar surface area (TPSA) is 24.9 Å². The van der Waals surface area contributed by atoms with Crippen LogP contribution in [0.4, 0.5) is 0 Å². The van der Waals surface area contributed by atoms with Gasteiger partial charge in [0.1, 0.15) is 0 Å². The first kappa shape index (κ1) is 13.7. The zero-order chi connectivity index (χ0) is 14.1. The van der Waals surface area contributed by atoms with Crippen LogP contribution in [0.5, 0.6) is 0 Å². The summed E-state index contributed by atoms with van der Waals surface area (Å²) in [6, 6.07) is 12.7. The first-order valence-electron chi connectivity index (χ1n) is 6.46. The fraction of sp³-hybridized carbons (Fsp3) is 0.188. The van der Waals surface area contributed by atoms with Gasteiger partial charge in [-0.3, -0.25) is 0 Å². The van der Waals surface area contributed by atoms with Crippen molar-refractivity contribution in [3.63, 3.8) is 0 Å². The van der Waals surface area contributed by atoms with E-state index in [4.69, 9.17) is 4.98 Å². The molecule has 3 aromatic rings. The molecule has 3 rings (SSSR count). The summed E-state index contributed by atoms with van der Waals surface area (Å²) in [5, 5.41) is 6.71. The number of nitrogens with zero attached hydrogens (tertiary/aromatic N) is 1. The van der Waals surface area contributed by atoms with Gasteiger partial charge in [-0.15, -0.1) is 11.3 Å². The highest BCUT2D eigenvalue weighted by atomic mass is 79.9. The molecule has 0 spiro atoms. The van der Waals surface area contributed by atoms with E-state index in [1.165, 1.54) is 10.4 Å². The predicted octanol–water partition coefficient (Wildman–Crippen LogP) is 4.68. The highest BCUT2D eigenvalue weighted by Gasteiger charge is 2.18. The standard InChI is InChI=1S/C16H15BrN2S/c1-10-7-12(9-20-10)15(18-2)16-13(17)8-11-5-3-4-6-14(11)19-16/h3-9,15,18H,1-2H3. The molecule has 0 aliphatic rings. The minimum absolute atomic E-state index is 0.110. The van der Waals surface area contributed by atoms with Gasteiger partial charge in [-0.05, 0) is 59.0 Å². The molecular formula is C16H15BrN2S. The lowest BCUT2D eigenvalue weighted by Gasteiger charge is -2.17. The van der Waals surface area contributed by atoms with Crippen molar-refractivity contribution in [2.75, 3.05) is 7.05 Å². The molecule has 2 heterocycles. The number of para-hydroxylation sites is 1. The lowest BCUT2D eigenvalue weighted by Crippen LogP contribution is -2.19. The van der Waals surface area contributed by atoms with Gasteiger partial charge < -0.3 is 5.32 Å². The van der Waals surface area contributed by atoms with Gasteiger partial charge in [-0.2, -0.15) is 0 Å². The smallest absolute Gasteiger partial charge is 0.0769 e. The van der Waals surface area contributed by atoms with Crippen LogP contribution in [0.15, 0.2) is 46.3 Å². The van der Waals surface area contributed by atoms with Crippen molar-refractivity contribution in [1.82, 2.24) is 10.3 Å². The summed E-state index contributed by atoms with van der Waals surface area (Å²) in [6.45, 7) is 2.13. The molecule has 1 atom stereocenters. The molecule has 2 nitrogen and oxygen atoms in total. The molecular weight excluding hydrogens is 332 g/mol. The quantitative estimate of drug-likeness (QED) is 0.744. The Morgan fingerprint density at radius 3 is 2.75 bits per heavy atom. The third-order valence-electron chi connectivity index (χ3n) is 3.35. The van der Waals surface area contributed by atoms with Crippen molar-refractivity contribution < 1.29 is 0 Å². The number of hydrogen-bond acceptors (Lipinski definition) is 3. The van der Waals surface area contributed by atoms with Gasteiger partial charge in [0, 0.05) is 14.7 Å². The Kier molecular flexibility index (Phi) is 3.87. The maximum atomic E-state index is 4.83. The van der Waals surface area contributed by atoms with Crippen molar-refractivity contribution in [2.45, 2.75) is 13.0 Å². The second kappa shape index (κ2) is 5.64. The average Bonchev–Trinajstić information content (AvgIpc) is 2.86. The summed E-state index contributed by atoms with van der Waals surface area (Å²) >= 11 is 5.43. The van der Waals surface area contributed by atoms with Crippen LogP contribution in [-0.4, -0.2) is 12.0 Å². The molecule has 0 aliphatic heterocycles. The number of fused-ring (bicyclic) bond motifs is 1. The Bertz CT molecular complexity index is 751. The number of aromatic nitrogens is 1. The molecule has 0 aliphatic carbocycles. The molecule has 1 unspecified atom stereocenters. The highest BCUT2D eigenvalue weighted by molar-refractivity contribution is 9.10. The molecule has 0 bridgehead atoms. The maximum Gasteiger partial charge on any atom is 0.0769 e. The van der Waals surface area contributed by atoms with E-state index in [9.17, 15) is 0 Å². The van der Waals surface area contributed by atoms with E-state index in [0.29, 0.717) is 0 Å². The van der Waals surface area contributed by atoms with E-state index >= 15 is 0 Å². The van der Waals surface area contributed by atoms with Gasteiger partial charge in [0.25, 0.3) is 0 Å². The molecule has 0 radical (unpaired) electrons. The summed E-state index contributed by atoms with van der Waals surface area (Å²) in [5.74, 6) is 0. The summed E-state index contributed by atoms with van der Waals surface area (Å²) in [5.41, 5.74) is 3.32. The summed E-state index contributed by atoms with van der Waals surface area (Å²) in [7, 11) is 1.97. The second-order valence-electron chi connectivity index (χ2n) is 4.76. The normalized spacial score (nSPS) is 12.8. The Hall–Kier alpha value is -1.23. The summed E-state index contributed by atoms with van der Waals surface area (Å²) in [4.78, 5) is 6.14. The SMILES string of the molecule is CNC(c1csc(C)c1)c1nc2ccccc2cc1Br. The monoisotopic (exact) mass is 346 g/mol. The molecule has 0 saturated heterocycles. The molecule has 0 saturated carbocycles. The van der Waals surface area contributed by atoms with Crippen LogP contribution in [0.1, 0.15) is 22.2 Å². The van der Waals surface area contributed by atoms with Crippen LogP contribution in [-0.2, 0) is 0 Å². The van der Waals surface area contributed by atoms with Crippen molar-refractivity contribution >= 4 is 38.2 Å².